The summed E-state index contributed by atoms with van der Waals surface area (Å²) in [5.41, 5.74) is 2.54. The normalized spacial score (nSPS) is 10.4. The number of nitrogens with zero attached hydrogens (tertiary/aromatic N) is 2. The van der Waals surface area contributed by atoms with Gasteiger partial charge in [0.2, 0.25) is 5.13 Å². The maximum Gasteiger partial charge on any atom is 0.202 e. The zero-order chi connectivity index (χ0) is 11.4. The van der Waals surface area contributed by atoms with E-state index in [0.717, 1.165) is 23.9 Å². The second kappa shape index (κ2) is 5.07. The molecule has 16 heavy (non-hydrogen) atoms. The molecule has 2 rings (SSSR count). The molecule has 4 heteroatoms. The smallest absolute Gasteiger partial charge is 0.202 e. The third kappa shape index (κ3) is 2.79. The highest BCUT2D eigenvalue weighted by atomic mass is 32.1. The number of aryl methyl sites for hydroxylation is 1. The van der Waals surface area contributed by atoms with Crippen molar-refractivity contribution in [3.63, 3.8) is 0 Å². The molecule has 0 aliphatic carbocycles. The Hall–Kier alpha value is -1.42. The summed E-state index contributed by atoms with van der Waals surface area (Å²) in [7, 11) is 0. The van der Waals surface area contributed by atoms with Crippen molar-refractivity contribution in [1.29, 1.82) is 0 Å². The van der Waals surface area contributed by atoms with Crippen LogP contribution in [0.2, 0.25) is 0 Å². The first-order valence-electron chi connectivity index (χ1n) is 5.40. The minimum atomic E-state index is 0.808. The summed E-state index contributed by atoms with van der Waals surface area (Å²) in [6.07, 6.45) is 0.808. The number of hydrogen-bond donors (Lipinski definition) is 1. The number of rotatable bonds is 4. The molecule has 0 fully saturated rings. The summed E-state index contributed by atoms with van der Waals surface area (Å²) in [6, 6.07) is 8.49. The van der Waals surface area contributed by atoms with Crippen molar-refractivity contribution in [2.24, 2.45) is 0 Å². The van der Waals surface area contributed by atoms with Gasteiger partial charge in [-0.05, 0) is 19.4 Å². The average molecular weight is 233 g/mol. The minimum absolute atomic E-state index is 0.808. The molecule has 0 saturated heterocycles. The van der Waals surface area contributed by atoms with Gasteiger partial charge in [-0.25, -0.2) is 4.98 Å². The molecule has 0 aliphatic rings. The summed E-state index contributed by atoms with van der Waals surface area (Å²) < 4.78 is 4.32. The first-order chi connectivity index (χ1) is 7.78. The summed E-state index contributed by atoms with van der Waals surface area (Å²) in [5, 5.41) is 4.07. The lowest BCUT2D eigenvalue weighted by molar-refractivity contribution is 1.03. The molecular formula is C12H15N3S. The summed E-state index contributed by atoms with van der Waals surface area (Å²) in [5.74, 6) is 0.893. The highest BCUT2D eigenvalue weighted by Crippen LogP contribution is 2.14. The molecule has 0 saturated carbocycles. The highest BCUT2D eigenvalue weighted by Gasteiger charge is 2.03. The zero-order valence-corrected chi connectivity index (χ0v) is 10.3. The number of anilines is 1. The van der Waals surface area contributed by atoms with Crippen molar-refractivity contribution in [2.75, 3.05) is 11.9 Å². The van der Waals surface area contributed by atoms with E-state index in [1.54, 1.807) is 0 Å². The van der Waals surface area contributed by atoms with Gasteiger partial charge < -0.3 is 5.32 Å². The molecule has 1 heterocycles. The molecule has 1 aromatic heterocycles. The van der Waals surface area contributed by atoms with Crippen LogP contribution in [0.3, 0.4) is 0 Å². The Morgan fingerprint density at radius 3 is 2.69 bits per heavy atom. The van der Waals surface area contributed by atoms with Gasteiger partial charge in [0.1, 0.15) is 5.82 Å². The van der Waals surface area contributed by atoms with Crippen molar-refractivity contribution >= 4 is 16.7 Å². The lowest BCUT2D eigenvalue weighted by atomic mass is 10.1. The fourth-order valence-corrected chi connectivity index (χ4v) is 2.09. The summed E-state index contributed by atoms with van der Waals surface area (Å²) in [6.45, 7) is 5.04. The van der Waals surface area contributed by atoms with E-state index in [-0.39, 0.29) is 0 Å². The number of aromatic nitrogens is 2. The van der Waals surface area contributed by atoms with E-state index < -0.39 is 0 Å². The number of benzene rings is 1. The maximum atomic E-state index is 4.41. The molecule has 0 radical (unpaired) electrons. The van der Waals surface area contributed by atoms with Crippen LogP contribution in [0.25, 0.3) is 0 Å². The first kappa shape index (κ1) is 11.1. The molecule has 1 N–H and O–H groups in total. The van der Waals surface area contributed by atoms with Gasteiger partial charge in [0.05, 0.1) is 0 Å². The molecule has 0 atom stereocenters. The van der Waals surface area contributed by atoms with Crippen molar-refractivity contribution < 1.29 is 0 Å². The van der Waals surface area contributed by atoms with Gasteiger partial charge in [0.15, 0.2) is 0 Å². The van der Waals surface area contributed by atoms with Gasteiger partial charge in [-0.2, -0.15) is 4.37 Å². The Balaban J connectivity index is 2.05. The molecule has 0 aliphatic heterocycles. The van der Waals surface area contributed by atoms with E-state index in [1.165, 1.54) is 22.7 Å². The van der Waals surface area contributed by atoms with Crippen LogP contribution in [0.5, 0.6) is 0 Å². The highest BCUT2D eigenvalue weighted by molar-refractivity contribution is 7.09. The number of hydrogen-bond acceptors (Lipinski definition) is 4. The molecule has 0 spiro atoms. The van der Waals surface area contributed by atoms with E-state index in [4.69, 9.17) is 0 Å². The Kier molecular flexibility index (Phi) is 3.51. The van der Waals surface area contributed by atoms with E-state index in [2.05, 4.69) is 52.8 Å². The monoisotopic (exact) mass is 233 g/mol. The van der Waals surface area contributed by atoms with E-state index in [0.29, 0.717) is 0 Å². The Morgan fingerprint density at radius 1 is 1.25 bits per heavy atom. The van der Waals surface area contributed by atoms with Crippen molar-refractivity contribution in [1.82, 2.24) is 9.36 Å². The van der Waals surface area contributed by atoms with Crippen LogP contribution in [0, 0.1) is 6.92 Å². The Morgan fingerprint density at radius 2 is 2.00 bits per heavy atom. The van der Waals surface area contributed by atoms with Gasteiger partial charge in [0.25, 0.3) is 0 Å². The quantitative estimate of drug-likeness (QED) is 0.882. The fourth-order valence-electron chi connectivity index (χ4n) is 1.44. The van der Waals surface area contributed by atoms with Crippen LogP contribution < -0.4 is 5.32 Å². The second-order valence-electron chi connectivity index (χ2n) is 3.71. The summed E-state index contributed by atoms with van der Waals surface area (Å²) >= 11 is 1.42. The van der Waals surface area contributed by atoms with E-state index in [9.17, 15) is 0 Å². The standard InChI is InChI=1S/C12H15N3S/c1-3-13-12-14-11(15-16-12)8-10-6-4-9(2)5-7-10/h4-7H,3,8H2,1-2H3,(H,13,14,15). The van der Waals surface area contributed by atoms with Gasteiger partial charge in [-0.1, -0.05) is 29.8 Å². The topological polar surface area (TPSA) is 37.8 Å². The van der Waals surface area contributed by atoms with Crippen LogP contribution >= 0.6 is 11.5 Å². The molecule has 84 valence electrons. The van der Waals surface area contributed by atoms with Gasteiger partial charge in [0, 0.05) is 24.5 Å². The predicted molar refractivity (Wildman–Crippen MR) is 68.1 cm³/mol. The maximum absolute atomic E-state index is 4.41. The zero-order valence-electron chi connectivity index (χ0n) is 9.53. The number of nitrogens with one attached hydrogen (secondary N) is 1. The van der Waals surface area contributed by atoms with Crippen molar-refractivity contribution in [2.45, 2.75) is 20.3 Å². The second-order valence-corrected chi connectivity index (χ2v) is 4.46. The van der Waals surface area contributed by atoms with Crippen LogP contribution in [-0.2, 0) is 6.42 Å². The molecule has 3 nitrogen and oxygen atoms in total. The van der Waals surface area contributed by atoms with E-state index >= 15 is 0 Å². The minimum Gasteiger partial charge on any atom is -0.361 e. The van der Waals surface area contributed by atoms with Gasteiger partial charge in [-0.15, -0.1) is 0 Å². The van der Waals surface area contributed by atoms with Crippen LogP contribution in [-0.4, -0.2) is 15.9 Å². The first-order valence-corrected chi connectivity index (χ1v) is 6.17. The predicted octanol–water partition coefficient (Wildman–Crippen LogP) is 2.87. The molecule has 0 bridgehead atoms. The third-order valence-corrected chi connectivity index (χ3v) is 2.99. The van der Waals surface area contributed by atoms with Crippen LogP contribution in [0.1, 0.15) is 23.9 Å². The van der Waals surface area contributed by atoms with Crippen LogP contribution in [0.4, 0.5) is 5.13 Å². The fraction of sp³-hybridized carbons (Fsp3) is 0.333. The average Bonchev–Trinajstić information content (AvgIpc) is 2.70. The molecule has 1 aromatic carbocycles. The Labute approximate surface area is 99.7 Å². The lowest BCUT2D eigenvalue weighted by Crippen LogP contribution is -1.96. The molecular weight excluding hydrogens is 218 g/mol. The summed E-state index contributed by atoms with van der Waals surface area (Å²) in [4.78, 5) is 4.41. The third-order valence-electron chi connectivity index (χ3n) is 2.28. The SMILES string of the molecule is CCNc1nc(Cc2ccc(C)cc2)ns1. The molecule has 0 unspecified atom stereocenters. The Bertz CT molecular complexity index is 448. The van der Waals surface area contributed by atoms with Gasteiger partial charge in [-0.3, -0.25) is 0 Å². The van der Waals surface area contributed by atoms with Crippen LogP contribution in [0.15, 0.2) is 24.3 Å². The van der Waals surface area contributed by atoms with Crippen molar-refractivity contribution in [3.8, 4) is 0 Å². The largest absolute Gasteiger partial charge is 0.361 e. The van der Waals surface area contributed by atoms with Crippen molar-refractivity contribution in [3.05, 3.63) is 41.2 Å². The molecule has 0 amide bonds. The lowest BCUT2D eigenvalue weighted by Gasteiger charge is -1.98. The van der Waals surface area contributed by atoms with E-state index in [1.807, 2.05) is 0 Å². The van der Waals surface area contributed by atoms with Gasteiger partial charge >= 0.3 is 0 Å². The molecule has 2 aromatic rings.